The molecule has 2 aromatic rings. The van der Waals surface area contributed by atoms with Crippen molar-refractivity contribution in [3.05, 3.63) is 48.8 Å². The highest BCUT2D eigenvalue weighted by molar-refractivity contribution is 5.74. The van der Waals surface area contributed by atoms with Crippen LogP contribution in [-0.4, -0.2) is 9.97 Å². The number of nitrogens with two attached hydrogens (primary N) is 1. The second-order valence-electron chi connectivity index (χ2n) is 3.18. The van der Waals surface area contributed by atoms with E-state index in [1.165, 1.54) is 0 Å². The maximum atomic E-state index is 5.40. The Hall–Kier alpha value is -1.78. The highest BCUT2D eigenvalue weighted by Gasteiger charge is 2.05. The molecule has 2 rings (SSSR count). The summed E-state index contributed by atoms with van der Waals surface area (Å²) in [6.07, 6.45) is 5.09. The summed E-state index contributed by atoms with van der Waals surface area (Å²) in [6, 6.07) is 5.78. The number of rotatable bonds is 3. The summed E-state index contributed by atoms with van der Waals surface area (Å²) in [7, 11) is 0. The van der Waals surface area contributed by atoms with Gasteiger partial charge in [-0.15, -0.1) is 6.58 Å². The van der Waals surface area contributed by atoms with Gasteiger partial charge in [0, 0.05) is 12.4 Å². The molecule has 4 nitrogen and oxygen atoms in total. The number of nitrogens with zero attached hydrogens (tertiary/aromatic N) is 2. The van der Waals surface area contributed by atoms with E-state index in [0.29, 0.717) is 0 Å². The van der Waals surface area contributed by atoms with Gasteiger partial charge in [-0.3, -0.25) is 15.8 Å². The van der Waals surface area contributed by atoms with E-state index < -0.39 is 0 Å². The molecule has 0 fully saturated rings. The van der Waals surface area contributed by atoms with Gasteiger partial charge in [-0.25, -0.2) is 5.43 Å². The highest BCUT2D eigenvalue weighted by atomic mass is 15.2. The van der Waals surface area contributed by atoms with Crippen LogP contribution in [0.3, 0.4) is 0 Å². The van der Waals surface area contributed by atoms with Crippen molar-refractivity contribution in [1.82, 2.24) is 15.4 Å². The van der Waals surface area contributed by atoms with Gasteiger partial charge >= 0.3 is 0 Å². The summed E-state index contributed by atoms with van der Waals surface area (Å²) in [5.74, 6) is 5.40. The van der Waals surface area contributed by atoms with Gasteiger partial charge in [0.2, 0.25) is 0 Å². The normalized spacial score (nSPS) is 12.6. The van der Waals surface area contributed by atoms with E-state index >= 15 is 0 Å². The van der Waals surface area contributed by atoms with Crippen LogP contribution in [0.2, 0.25) is 0 Å². The molecule has 1 heterocycles. The summed E-state index contributed by atoms with van der Waals surface area (Å²) in [5, 5.41) is 0. The molecule has 1 aromatic heterocycles. The molecule has 0 aliphatic heterocycles. The molecule has 0 amide bonds. The second kappa shape index (κ2) is 4.16. The van der Waals surface area contributed by atoms with Crippen LogP contribution < -0.4 is 11.3 Å². The number of aromatic nitrogens is 2. The van der Waals surface area contributed by atoms with Crippen LogP contribution in [0, 0.1) is 0 Å². The minimum atomic E-state index is -0.0589. The van der Waals surface area contributed by atoms with E-state index in [4.69, 9.17) is 5.84 Å². The zero-order chi connectivity index (χ0) is 10.7. The van der Waals surface area contributed by atoms with E-state index in [-0.39, 0.29) is 6.04 Å². The van der Waals surface area contributed by atoms with Crippen molar-refractivity contribution >= 4 is 11.0 Å². The number of nitrogens with one attached hydrogen (secondary N) is 1. The molecule has 4 heteroatoms. The molecule has 0 bridgehead atoms. The first-order valence-electron chi connectivity index (χ1n) is 4.64. The lowest BCUT2D eigenvalue weighted by molar-refractivity contribution is 0.657. The molecule has 3 N–H and O–H groups in total. The molecule has 0 aliphatic carbocycles. The van der Waals surface area contributed by atoms with E-state index in [9.17, 15) is 0 Å². The Labute approximate surface area is 87.8 Å². The zero-order valence-electron chi connectivity index (χ0n) is 8.22. The van der Waals surface area contributed by atoms with Crippen molar-refractivity contribution < 1.29 is 0 Å². The van der Waals surface area contributed by atoms with Gasteiger partial charge < -0.3 is 0 Å². The Kier molecular flexibility index (Phi) is 2.71. The fourth-order valence-electron chi connectivity index (χ4n) is 1.47. The Morgan fingerprint density at radius 1 is 1.27 bits per heavy atom. The number of hydrogen-bond donors (Lipinski definition) is 2. The number of benzene rings is 1. The SMILES string of the molecule is C=CC(NN)c1ccc2nccnc2c1. The van der Waals surface area contributed by atoms with Gasteiger partial charge in [-0.2, -0.15) is 0 Å². The van der Waals surface area contributed by atoms with Crippen molar-refractivity contribution in [2.45, 2.75) is 6.04 Å². The number of hydrogen-bond acceptors (Lipinski definition) is 4. The molecule has 0 spiro atoms. The first-order valence-corrected chi connectivity index (χ1v) is 4.64. The topological polar surface area (TPSA) is 63.8 Å². The molecule has 76 valence electrons. The molecule has 0 aliphatic rings. The monoisotopic (exact) mass is 200 g/mol. The van der Waals surface area contributed by atoms with Gasteiger partial charge in [-0.1, -0.05) is 12.1 Å². The minimum Gasteiger partial charge on any atom is -0.271 e. The molecule has 1 unspecified atom stereocenters. The van der Waals surface area contributed by atoms with Gasteiger partial charge in [0.15, 0.2) is 0 Å². The predicted octanol–water partition coefficient (Wildman–Crippen LogP) is 1.32. The second-order valence-corrected chi connectivity index (χ2v) is 3.18. The van der Waals surface area contributed by atoms with Crippen LogP contribution in [0.15, 0.2) is 43.2 Å². The average Bonchev–Trinajstić information content (AvgIpc) is 2.30. The van der Waals surface area contributed by atoms with Gasteiger partial charge in [0.1, 0.15) is 0 Å². The third kappa shape index (κ3) is 1.86. The van der Waals surface area contributed by atoms with Crippen LogP contribution in [-0.2, 0) is 0 Å². The first kappa shape index (κ1) is 9.76. The lowest BCUT2D eigenvalue weighted by Crippen LogP contribution is -2.26. The third-order valence-electron chi connectivity index (χ3n) is 2.27. The van der Waals surface area contributed by atoms with Gasteiger partial charge in [0.05, 0.1) is 17.1 Å². The quantitative estimate of drug-likeness (QED) is 0.445. The average molecular weight is 200 g/mol. The van der Waals surface area contributed by atoms with Crippen LogP contribution in [0.5, 0.6) is 0 Å². The maximum absolute atomic E-state index is 5.40. The van der Waals surface area contributed by atoms with Crippen LogP contribution in [0.4, 0.5) is 0 Å². The summed E-state index contributed by atoms with van der Waals surface area (Å²) in [4.78, 5) is 8.42. The third-order valence-corrected chi connectivity index (χ3v) is 2.27. The van der Waals surface area contributed by atoms with E-state index in [2.05, 4.69) is 22.0 Å². The van der Waals surface area contributed by atoms with E-state index in [0.717, 1.165) is 16.6 Å². The van der Waals surface area contributed by atoms with Gasteiger partial charge in [0.25, 0.3) is 0 Å². The van der Waals surface area contributed by atoms with Crippen molar-refractivity contribution in [2.24, 2.45) is 5.84 Å². The smallest absolute Gasteiger partial charge is 0.0890 e. The lowest BCUT2D eigenvalue weighted by atomic mass is 10.1. The number of fused-ring (bicyclic) bond motifs is 1. The predicted molar refractivity (Wildman–Crippen MR) is 59.8 cm³/mol. The van der Waals surface area contributed by atoms with Crippen molar-refractivity contribution in [3.8, 4) is 0 Å². The van der Waals surface area contributed by atoms with Crippen LogP contribution in [0.1, 0.15) is 11.6 Å². The molecule has 15 heavy (non-hydrogen) atoms. The molecule has 0 radical (unpaired) electrons. The Morgan fingerprint density at radius 2 is 2.00 bits per heavy atom. The Morgan fingerprint density at radius 3 is 2.67 bits per heavy atom. The highest BCUT2D eigenvalue weighted by Crippen LogP contribution is 2.17. The summed E-state index contributed by atoms with van der Waals surface area (Å²) < 4.78 is 0. The Balaban J connectivity index is 2.50. The molecule has 1 atom stereocenters. The summed E-state index contributed by atoms with van der Waals surface area (Å²) in [5.41, 5.74) is 5.43. The summed E-state index contributed by atoms with van der Waals surface area (Å²) >= 11 is 0. The zero-order valence-corrected chi connectivity index (χ0v) is 8.22. The van der Waals surface area contributed by atoms with E-state index in [1.807, 2.05) is 18.2 Å². The van der Waals surface area contributed by atoms with Crippen LogP contribution in [0.25, 0.3) is 11.0 Å². The summed E-state index contributed by atoms with van der Waals surface area (Å²) in [6.45, 7) is 3.71. The van der Waals surface area contributed by atoms with Crippen LogP contribution >= 0.6 is 0 Å². The standard InChI is InChI=1S/C11H12N4/c1-2-9(15-12)8-3-4-10-11(7-8)14-6-5-13-10/h2-7,9,15H,1,12H2. The lowest BCUT2D eigenvalue weighted by Gasteiger charge is -2.11. The minimum absolute atomic E-state index is 0.0589. The first-order chi connectivity index (χ1) is 7.35. The van der Waals surface area contributed by atoms with Gasteiger partial charge in [-0.05, 0) is 17.7 Å². The largest absolute Gasteiger partial charge is 0.271 e. The number of hydrazine groups is 1. The maximum Gasteiger partial charge on any atom is 0.0890 e. The molecule has 1 aromatic carbocycles. The molecule has 0 saturated carbocycles. The molecular weight excluding hydrogens is 188 g/mol. The fourth-order valence-corrected chi connectivity index (χ4v) is 1.47. The van der Waals surface area contributed by atoms with Crippen molar-refractivity contribution in [3.63, 3.8) is 0 Å². The molecular formula is C11H12N4. The molecule has 0 saturated heterocycles. The Bertz CT molecular complexity index is 481. The van der Waals surface area contributed by atoms with Crippen molar-refractivity contribution in [1.29, 1.82) is 0 Å². The fraction of sp³-hybridized carbons (Fsp3) is 0.0909. The van der Waals surface area contributed by atoms with Crippen molar-refractivity contribution in [2.75, 3.05) is 0 Å². The van der Waals surface area contributed by atoms with E-state index in [1.54, 1.807) is 18.5 Å².